The molecule has 1 aliphatic heterocycles. The second-order valence-corrected chi connectivity index (χ2v) is 7.83. The lowest BCUT2D eigenvalue weighted by Crippen LogP contribution is -2.52. The summed E-state index contributed by atoms with van der Waals surface area (Å²) in [7, 11) is 0. The minimum absolute atomic E-state index is 0.0496. The predicted molar refractivity (Wildman–Crippen MR) is 101 cm³/mol. The highest BCUT2D eigenvalue weighted by Gasteiger charge is 2.40. The zero-order valence-electron chi connectivity index (χ0n) is 16.0. The van der Waals surface area contributed by atoms with E-state index in [4.69, 9.17) is 0 Å². The summed E-state index contributed by atoms with van der Waals surface area (Å²) in [6, 6.07) is 10.6. The number of carbonyl (C=O) groups excluding carboxylic acids is 2. The number of amides is 2. The Labute approximate surface area is 152 Å². The lowest BCUT2D eigenvalue weighted by atomic mass is 9.86. The molecule has 1 aromatic rings. The van der Waals surface area contributed by atoms with Crippen LogP contribution >= 0.6 is 0 Å². The monoisotopic (exact) mass is 344 g/mol. The van der Waals surface area contributed by atoms with Crippen LogP contribution in [0.3, 0.4) is 0 Å². The Morgan fingerprint density at radius 3 is 2.36 bits per heavy atom. The van der Waals surface area contributed by atoms with E-state index in [9.17, 15) is 9.59 Å². The van der Waals surface area contributed by atoms with Crippen molar-refractivity contribution in [1.29, 1.82) is 0 Å². The number of rotatable bonds is 6. The quantitative estimate of drug-likeness (QED) is 0.804. The van der Waals surface area contributed by atoms with Crippen molar-refractivity contribution >= 4 is 11.8 Å². The fourth-order valence-electron chi connectivity index (χ4n) is 3.29. The molecule has 2 rings (SSSR count). The molecule has 1 unspecified atom stereocenters. The fraction of sp³-hybridized carbons (Fsp3) is 0.619. The van der Waals surface area contributed by atoms with Gasteiger partial charge in [0.15, 0.2) is 0 Å². The van der Waals surface area contributed by atoms with Crippen LogP contribution in [0, 0.1) is 11.3 Å². The first-order valence-corrected chi connectivity index (χ1v) is 9.48. The summed E-state index contributed by atoms with van der Waals surface area (Å²) in [5.41, 5.74) is 0.357. The summed E-state index contributed by atoms with van der Waals surface area (Å²) in [6.07, 6.45) is 3.94. The average Bonchev–Trinajstić information content (AvgIpc) is 2.62. The maximum absolute atomic E-state index is 12.9. The largest absolute Gasteiger partial charge is 0.353 e. The first kappa shape index (κ1) is 19.5. The predicted octanol–water partition coefficient (Wildman–Crippen LogP) is 3.41. The zero-order valence-corrected chi connectivity index (χ0v) is 16.0. The maximum Gasteiger partial charge on any atom is 0.237 e. The minimum Gasteiger partial charge on any atom is -0.353 e. The molecule has 0 aliphatic carbocycles. The molecule has 1 atom stereocenters. The van der Waals surface area contributed by atoms with Crippen LogP contribution in [0.5, 0.6) is 0 Å². The van der Waals surface area contributed by atoms with Gasteiger partial charge in [0.05, 0.1) is 0 Å². The van der Waals surface area contributed by atoms with Gasteiger partial charge in [-0.3, -0.25) is 9.59 Å². The highest BCUT2D eigenvalue weighted by atomic mass is 16.2. The Bertz CT molecular complexity index is 575. The lowest BCUT2D eigenvalue weighted by Gasteiger charge is -2.36. The molecule has 1 fully saturated rings. The van der Waals surface area contributed by atoms with E-state index in [0.29, 0.717) is 5.92 Å². The van der Waals surface area contributed by atoms with Crippen molar-refractivity contribution < 1.29 is 9.59 Å². The van der Waals surface area contributed by atoms with E-state index in [1.165, 1.54) is 5.56 Å². The fourth-order valence-corrected chi connectivity index (χ4v) is 3.29. The van der Waals surface area contributed by atoms with Crippen LogP contribution in [0.2, 0.25) is 0 Å². The van der Waals surface area contributed by atoms with Crippen molar-refractivity contribution in [2.75, 3.05) is 13.1 Å². The molecule has 0 saturated carbocycles. The van der Waals surface area contributed by atoms with Crippen LogP contribution in [0.4, 0.5) is 0 Å². The van der Waals surface area contributed by atoms with Crippen LogP contribution in [-0.4, -0.2) is 35.8 Å². The normalized spacial score (nSPS) is 17.2. The number of piperidine rings is 1. The van der Waals surface area contributed by atoms with E-state index in [-0.39, 0.29) is 17.9 Å². The number of likely N-dealkylation sites (tertiary alicyclic amines) is 1. The summed E-state index contributed by atoms with van der Waals surface area (Å²) in [4.78, 5) is 27.2. The van der Waals surface area contributed by atoms with Crippen LogP contribution < -0.4 is 5.32 Å². The van der Waals surface area contributed by atoms with Gasteiger partial charge in [0, 0.05) is 19.1 Å². The Balaban J connectivity index is 1.88. The molecular formula is C21H32N2O2. The maximum atomic E-state index is 12.9. The van der Waals surface area contributed by atoms with E-state index >= 15 is 0 Å². The summed E-state index contributed by atoms with van der Waals surface area (Å²) in [5, 5.41) is 2.94. The smallest absolute Gasteiger partial charge is 0.237 e. The SMILES string of the molecule is CCC(C)NC(=O)C(C)(C)C(=O)N1CCC(Cc2ccccc2)CC1. The summed E-state index contributed by atoms with van der Waals surface area (Å²) < 4.78 is 0. The number of hydrogen-bond acceptors (Lipinski definition) is 2. The topological polar surface area (TPSA) is 49.4 Å². The molecule has 0 bridgehead atoms. The minimum atomic E-state index is -1.00. The van der Waals surface area contributed by atoms with Crippen LogP contribution in [-0.2, 0) is 16.0 Å². The van der Waals surface area contributed by atoms with E-state index in [0.717, 1.165) is 38.8 Å². The Hall–Kier alpha value is -1.84. The molecule has 1 aliphatic rings. The summed E-state index contributed by atoms with van der Waals surface area (Å²) in [6.45, 7) is 8.96. The molecule has 1 saturated heterocycles. The van der Waals surface area contributed by atoms with Crippen molar-refractivity contribution in [3.63, 3.8) is 0 Å². The van der Waals surface area contributed by atoms with Gasteiger partial charge in [-0.05, 0) is 57.9 Å². The van der Waals surface area contributed by atoms with Crippen LogP contribution in [0.15, 0.2) is 30.3 Å². The molecule has 0 radical (unpaired) electrons. The third kappa shape index (κ3) is 5.07. The van der Waals surface area contributed by atoms with Gasteiger partial charge in [-0.2, -0.15) is 0 Å². The van der Waals surface area contributed by atoms with Gasteiger partial charge in [-0.15, -0.1) is 0 Å². The molecule has 0 spiro atoms. The standard InChI is InChI=1S/C21H32N2O2/c1-5-16(2)22-19(24)21(3,4)20(25)23-13-11-18(12-14-23)15-17-9-7-6-8-10-17/h6-10,16,18H,5,11-15H2,1-4H3,(H,22,24). The third-order valence-electron chi connectivity index (χ3n) is 5.36. The van der Waals surface area contributed by atoms with Crippen molar-refractivity contribution in [3.8, 4) is 0 Å². The number of hydrogen-bond donors (Lipinski definition) is 1. The Morgan fingerprint density at radius 2 is 1.80 bits per heavy atom. The molecule has 25 heavy (non-hydrogen) atoms. The Kier molecular flexibility index (Phi) is 6.63. The van der Waals surface area contributed by atoms with Gasteiger partial charge in [-0.25, -0.2) is 0 Å². The molecule has 1 N–H and O–H groups in total. The highest BCUT2D eigenvalue weighted by Crippen LogP contribution is 2.26. The van der Waals surface area contributed by atoms with Gasteiger partial charge >= 0.3 is 0 Å². The van der Waals surface area contributed by atoms with E-state index < -0.39 is 5.41 Å². The van der Waals surface area contributed by atoms with E-state index in [1.54, 1.807) is 13.8 Å². The molecule has 2 amide bonds. The number of nitrogens with zero attached hydrogens (tertiary/aromatic N) is 1. The molecular weight excluding hydrogens is 312 g/mol. The van der Waals surface area contributed by atoms with Gasteiger partial charge < -0.3 is 10.2 Å². The highest BCUT2D eigenvalue weighted by molar-refractivity contribution is 6.04. The lowest BCUT2D eigenvalue weighted by molar-refractivity contribution is -0.149. The zero-order chi connectivity index (χ0) is 18.4. The summed E-state index contributed by atoms with van der Waals surface area (Å²) in [5.74, 6) is 0.397. The Morgan fingerprint density at radius 1 is 1.20 bits per heavy atom. The summed E-state index contributed by atoms with van der Waals surface area (Å²) >= 11 is 0. The van der Waals surface area contributed by atoms with Crippen LogP contribution in [0.25, 0.3) is 0 Å². The number of benzene rings is 1. The molecule has 4 nitrogen and oxygen atoms in total. The van der Waals surface area contributed by atoms with Gasteiger partial charge in [-0.1, -0.05) is 37.3 Å². The van der Waals surface area contributed by atoms with E-state index in [1.807, 2.05) is 24.8 Å². The second kappa shape index (κ2) is 8.50. The molecule has 4 heteroatoms. The van der Waals surface area contributed by atoms with Crippen molar-refractivity contribution in [2.45, 2.75) is 59.4 Å². The number of carbonyl (C=O) groups is 2. The van der Waals surface area contributed by atoms with Gasteiger partial charge in [0.25, 0.3) is 0 Å². The van der Waals surface area contributed by atoms with Crippen molar-refractivity contribution in [3.05, 3.63) is 35.9 Å². The average molecular weight is 344 g/mol. The molecule has 1 aromatic carbocycles. The van der Waals surface area contributed by atoms with Crippen molar-refractivity contribution in [2.24, 2.45) is 11.3 Å². The van der Waals surface area contributed by atoms with Gasteiger partial charge in [0.2, 0.25) is 11.8 Å². The van der Waals surface area contributed by atoms with Crippen LogP contribution in [0.1, 0.15) is 52.5 Å². The molecule has 0 aromatic heterocycles. The molecule has 138 valence electrons. The van der Waals surface area contributed by atoms with Gasteiger partial charge in [0.1, 0.15) is 5.41 Å². The van der Waals surface area contributed by atoms with E-state index in [2.05, 4.69) is 29.6 Å². The second-order valence-electron chi connectivity index (χ2n) is 7.83. The first-order chi connectivity index (χ1) is 11.8. The first-order valence-electron chi connectivity index (χ1n) is 9.48. The number of nitrogens with one attached hydrogen (secondary N) is 1. The van der Waals surface area contributed by atoms with Crippen molar-refractivity contribution in [1.82, 2.24) is 10.2 Å². The molecule has 1 heterocycles. The third-order valence-corrected chi connectivity index (χ3v) is 5.36.